The maximum atomic E-state index is 13.6. The first-order valence-electron chi connectivity index (χ1n) is 8.16. The van der Waals surface area contributed by atoms with Crippen molar-refractivity contribution in [3.05, 3.63) is 70.5 Å². The molecular weight excluding hydrogens is 345 g/mol. The van der Waals surface area contributed by atoms with Gasteiger partial charge in [0.15, 0.2) is 11.6 Å². The van der Waals surface area contributed by atoms with Crippen molar-refractivity contribution in [2.24, 2.45) is 0 Å². The Labute approximate surface area is 148 Å². The van der Waals surface area contributed by atoms with Crippen LogP contribution in [0.5, 0.6) is 0 Å². The molecule has 2 aromatic carbocycles. The highest BCUT2D eigenvalue weighted by Gasteiger charge is 2.26. The highest BCUT2D eigenvalue weighted by molar-refractivity contribution is 5.96. The molecule has 1 fully saturated rings. The van der Waals surface area contributed by atoms with Crippen LogP contribution in [0.2, 0.25) is 0 Å². The predicted molar refractivity (Wildman–Crippen MR) is 89.3 cm³/mol. The van der Waals surface area contributed by atoms with Crippen LogP contribution in [0.15, 0.2) is 36.4 Å². The second kappa shape index (κ2) is 7.19. The average Bonchev–Trinajstić information content (AvgIpc) is 2.65. The predicted octanol–water partition coefficient (Wildman–Crippen LogP) is 3.01. The summed E-state index contributed by atoms with van der Waals surface area (Å²) in [5.74, 6) is -3.25. The van der Waals surface area contributed by atoms with Crippen molar-refractivity contribution >= 4 is 11.8 Å². The van der Waals surface area contributed by atoms with Crippen molar-refractivity contribution < 1.29 is 22.8 Å². The van der Waals surface area contributed by atoms with E-state index in [1.807, 2.05) is 0 Å². The molecule has 2 aromatic rings. The molecule has 1 saturated heterocycles. The first kappa shape index (κ1) is 18.0. The third-order valence-corrected chi connectivity index (χ3v) is 4.44. The molecule has 2 amide bonds. The van der Waals surface area contributed by atoms with Gasteiger partial charge in [0.1, 0.15) is 5.82 Å². The SMILES string of the molecule is Cc1ccc(C(=O)N2CCN(C(=O)c3ccc(F)c(F)c3)CC2)cc1F. The molecule has 0 saturated carbocycles. The molecule has 0 N–H and O–H groups in total. The van der Waals surface area contributed by atoms with Crippen molar-refractivity contribution in [2.75, 3.05) is 26.2 Å². The standard InChI is InChI=1S/C19H17F3N2O2/c1-12-2-3-13(10-16(12)21)18(25)23-6-8-24(9-7-23)19(26)14-4-5-15(20)17(22)11-14/h2-5,10-11H,6-9H2,1H3. The Morgan fingerprint density at radius 3 is 1.65 bits per heavy atom. The lowest BCUT2D eigenvalue weighted by atomic mass is 10.1. The first-order valence-corrected chi connectivity index (χ1v) is 8.16. The lowest BCUT2D eigenvalue weighted by Crippen LogP contribution is -2.50. The zero-order chi connectivity index (χ0) is 18.8. The molecule has 7 heteroatoms. The van der Waals surface area contributed by atoms with Crippen LogP contribution in [-0.4, -0.2) is 47.8 Å². The fraction of sp³-hybridized carbons (Fsp3) is 0.263. The van der Waals surface area contributed by atoms with Crippen LogP contribution >= 0.6 is 0 Å². The molecule has 1 aliphatic heterocycles. The number of benzene rings is 2. The van der Waals surface area contributed by atoms with Crippen LogP contribution < -0.4 is 0 Å². The van der Waals surface area contributed by atoms with Gasteiger partial charge in [-0.1, -0.05) is 6.07 Å². The summed E-state index contributed by atoms with van der Waals surface area (Å²) < 4.78 is 39.9. The van der Waals surface area contributed by atoms with E-state index < -0.39 is 23.4 Å². The summed E-state index contributed by atoms with van der Waals surface area (Å²) >= 11 is 0. The fourth-order valence-electron chi connectivity index (χ4n) is 2.83. The number of carbonyl (C=O) groups is 2. The van der Waals surface area contributed by atoms with E-state index in [0.717, 1.165) is 12.1 Å². The summed E-state index contributed by atoms with van der Waals surface area (Å²) in [7, 11) is 0. The quantitative estimate of drug-likeness (QED) is 0.824. The Balaban J connectivity index is 1.64. The summed E-state index contributed by atoms with van der Waals surface area (Å²) in [6, 6.07) is 7.33. The zero-order valence-electron chi connectivity index (χ0n) is 14.1. The highest BCUT2D eigenvalue weighted by Crippen LogP contribution is 2.16. The summed E-state index contributed by atoms with van der Waals surface area (Å²) in [6.07, 6.45) is 0. The molecule has 136 valence electrons. The molecule has 0 spiro atoms. The maximum Gasteiger partial charge on any atom is 0.254 e. The van der Waals surface area contributed by atoms with Crippen LogP contribution in [0.3, 0.4) is 0 Å². The van der Waals surface area contributed by atoms with Gasteiger partial charge < -0.3 is 9.80 Å². The van der Waals surface area contributed by atoms with Gasteiger partial charge in [-0.15, -0.1) is 0 Å². The van der Waals surface area contributed by atoms with E-state index in [2.05, 4.69) is 0 Å². The number of piperazine rings is 1. The number of amides is 2. The number of hydrogen-bond acceptors (Lipinski definition) is 2. The van der Waals surface area contributed by atoms with E-state index in [0.29, 0.717) is 5.56 Å². The van der Waals surface area contributed by atoms with Crippen LogP contribution in [0.1, 0.15) is 26.3 Å². The third-order valence-electron chi connectivity index (χ3n) is 4.44. The number of aryl methyl sites for hydroxylation is 1. The van der Waals surface area contributed by atoms with Crippen LogP contribution in [0.4, 0.5) is 13.2 Å². The molecule has 0 unspecified atom stereocenters. The van der Waals surface area contributed by atoms with E-state index >= 15 is 0 Å². The van der Waals surface area contributed by atoms with Gasteiger partial charge in [-0.05, 0) is 42.8 Å². The Bertz CT molecular complexity index is 790. The Morgan fingerprint density at radius 1 is 0.731 bits per heavy atom. The monoisotopic (exact) mass is 362 g/mol. The Hall–Kier alpha value is -2.83. The number of hydrogen-bond donors (Lipinski definition) is 0. The normalized spacial score (nSPS) is 14.5. The number of halogens is 3. The maximum absolute atomic E-state index is 13.6. The second-order valence-corrected chi connectivity index (χ2v) is 6.18. The van der Waals surface area contributed by atoms with Gasteiger partial charge in [-0.3, -0.25) is 9.59 Å². The Morgan fingerprint density at radius 2 is 1.19 bits per heavy atom. The minimum absolute atomic E-state index is 0.0595. The lowest BCUT2D eigenvalue weighted by molar-refractivity contribution is 0.0535. The van der Waals surface area contributed by atoms with Crippen molar-refractivity contribution in [2.45, 2.75) is 6.92 Å². The number of carbonyl (C=O) groups excluding carboxylic acids is 2. The molecule has 0 aromatic heterocycles. The molecule has 0 atom stereocenters. The van der Waals surface area contributed by atoms with Gasteiger partial charge in [0.25, 0.3) is 11.8 Å². The van der Waals surface area contributed by atoms with E-state index in [-0.39, 0.29) is 43.2 Å². The highest BCUT2D eigenvalue weighted by atomic mass is 19.2. The molecule has 1 aliphatic rings. The topological polar surface area (TPSA) is 40.6 Å². The smallest absolute Gasteiger partial charge is 0.254 e. The number of rotatable bonds is 2. The lowest BCUT2D eigenvalue weighted by Gasteiger charge is -2.35. The van der Waals surface area contributed by atoms with Crippen molar-refractivity contribution in [1.29, 1.82) is 0 Å². The molecule has 1 heterocycles. The molecule has 0 aliphatic carbocycles. The summed E-state index contributed by atoms with van der Waals surface area (Å²) in [5, 5.41) is 0. The van der Waals surface area contributed by atoms with Crippen molar-refractivity contribution in [3.8, 4) is 0 Å². The van der Waals surface area contributed by atoms with Crippen molar-refractivity contribution in [3.63, 3.8) is 0 Å². The van der Waals surface area contributed by atoms with Crippen LogP contribution in [-0.2, 0) is 0 Å². The summed E-state index contributed by atoms with van der Waals surface area (Å²) in [6.45, 7) is 2.70. The Kier molecular flexibility index (Phi) is 4.97. The van der Waals surface area contributed by atoms with E-state index in [1.54, 1.807) is 24.0 Å². The largest absolute Gasteiger partial charge is 0.335 e. The molecule has 3 rings (SSSR count). The summed E-state index contributed by atoms with van der Waals surface area (Å²) in [4.78, 5) is 27.9. The van der Waals surface area contributed by atoms with E-state index in [1.165, 1.54) is 17.0 Å². The van der Waals surface area contributed by atoms with Crippen LogP contribution in [0, 0.1) is 24.4 Å². The molecule has 0 radical (unpaired) electrons. The van der Waals surface area contributed by atoms with Crippen molar-refractivity contribution in [1.82, 2.24) is 9.80 Å². The van der Waals surface area contributed by atoms with Gasteiger partial charge in [0.05, 0.1) is 0 Å². The molecule has 4 nitrogen and oxygen atoms in total. The fourth-order valence-corrected chi connectivity index (χ4v) is 2.83. The minimum Gasteiger partial charge on any atom is -0.335 e. The minimum atomic E-state index is -1.08. The van der Waals surface area contributed by atoms with E-state index in [9.17, 15) is 22.8 Å². The third kappa shape index (κ3) is 3.56. The summed E-state index contributed by atoms with van der Waals surface area (Å²) in [5.41, 5.74) is 0.779. The van der Waals surface area contributed by atoms with Gasteiger partial charge in [-0.25, -0.2) is 13.2 Å². The van der Waals surface area contributed by atoms with Gasteiger partial charge >= 0.3 is 0 Å². The first-order chi connectivity index (χ1) is 12.4. The average molecular weight is 362 g/mol. The molecule has 26 heavy (non-hydrogen) atoms. The zero-order valence-corrected chi connectivity index (χ0v) is 14.1. The van der Waals surface area contributed by atoms with E-state index in [4.69, 9.17) is 0 Å². The van der Waals surface area contributed by atoms with Gasteiger partial charge in [-0.2, -0.15) is 0 Å². The molecular formula is C19H17F3N2O2. The van der Waals surface area contributed by atoms with Gasteiger partial charge in [0, 0.05) is 37.3 Å². The van der Waals surface area contributed by atoms with Gasteiger partial charge in [0.2, 0.25) is 0 Å². The molecule has 0 bridgehead atoms. The second-order valence-electron chi connectivity index (χ2n) is 6.18. The van der Waals surface area contributed by atoms with Crippen LogP contribution in [0.25, 0.3) is 0 Å². The number of nitrogens with zero attached hydrogens (tertiary/aromatic N) is 2.